The van der Waals surface area contributed by atoms with Crippen molar-refractivity contribution in [3.63, 3.8) is 0 Å². The van der Waals surface area contributed by atoms with E-state index in [4.69, 9.17) is 4.99 Å². The van der Waals surface area contributed by atoms with E-state index in [-0.39, 0.29) is 0 Å². The van der Waals surface area contributed by atoms with Gasteiger partial charge in [-0.3, -0.25) is 9.98 Å². The van der Waals surface area contributed by atoms with Crippen molar-refractivity contribution in [1.29, 1.82) is 0 Å². The van der Waals surface area contributed by atoms with E-state index in [1.807, 2.05) is 86.9 Å². The number of hydrogen-bond donors (Lipinski definition) is 0. The summed E-state index contributed by atoms with van der Waals surface area (Å²) >= 11 is 0. The number of allylic oxidation sites excluding steroid dienone is 8. The Kier molecular flexibility index (Phi) is 14.0. The SMILES string of the molecule is C=C/C=C(\C=C/Cc1ccn/c(=c2\cccc\c2=C\CC)c1=C)C(N=C/C=C/C)=NC(=NC)C(=C)/C=C\C=C/C. The molecule has 0 saturated carbocycles. The van der Waals surface area contributed by atoms with Crippen LogP contribution in [0.15, 0.2) is 137 Å². The van der Waals surface area contributed by atoms with Gasteiger partial charge in [0.1, 0.15) is 0 Å². The quantitative estimate of drug-likeness (QED) is 0.187. The molecular weight excluding hydrogens is 488 g/mol. The predicted molar refractivity (Wildman–Crippen MR) is 176 cm³/mol. The van der Waals surface area contributed by atoms with Gasteiger partial charge in [0.25, 0.3) is 0 Å². The zero-order chi connectivity index (χ0) is 29.2. The van der Waals surface area contributed by atoms with Gasteiger partial charge in [0, 0.05) is 35.8 Å². The fourth-order valence-electron chi connectivity index (χ4n) is 3.80. The van der Waals surface area contributed by atoms with Gasteiger partial charge >= 0.3 is 0 Å². The summed E-state index contributed by atoms with van der Waals surface area (Å²) in [6, 6.07) is 10.3. The molecule has 0 amide bonds. The predicted octanol–water partition coefficient (Wildman–Crippen LogP) is 6.94. The Morgan fingerprint density at radius 1 is 1.00 bits per heavy atom. The van der Waals surface area contributed by atoms with Crippen molar-refractivity contribution < 1.29 is 0 Å². The Morgan fingerprint density at radius 3 is 2.48 bits per heavy atom. The van der Waals surface area contributed by atoms with E-state index in [1.54, 1.807) is 19.3 Å². The molecule has 204 valence electrons. The second-order valence-corrected chi connectivity index (χ2v) is 8.66. The molecule has 0 aliphatic carbocycles. The molecule has 0 radical (unpaired) electrons. The van der Waals surface area contributed by atoms with Crippen LogP contribution >= 0.6 is 0 Å². The second kappa shape index (κ2) is 17.7. The van der Waals surface area contributed by atoms with Crippen LogP contribution in [0.1, 0.15) is 32.8 Å². The average Bonchev–Trinajstić information content (AvgIpc) is 2.96. The number of pyridine rings is 1. The zero-order valence-electron chi connectivity index (χ0n) is 24.2. The van der Waals surface area contributed by atoms with Gasteiger partial charge in [0.2, 0.25) is 0 Å². The number of hydrogen-bond acceptors (Lipinski definition) is 2. The molecular formula is C36H40N4. The van der Waals surface area contributed by atoms with Crippen LogP contribution in [0, 0.1) is 10.6 Å². The van der Waals surface area contributed by atoms with Crippen LogP contribution < -0.4 is 10.4 Å². The zero-order valence-corrected chi connectivity index (χ0v) is 24.2. The highest BCUT2D eigenvalue weighted by Gasteiger charge is 2.07. The fourth-order valence-corrected chi connectivity index (χ4v) is 3.80. The fraction of sp³-hybridized carbons (Fsp3) is 0.167. The topological polar surface area (TPSA) is 50.0 Å². The highest BCUT2D eigenvalue weighted by Crippen LogP contribution is 2.09. The summed E-state index contributed by atoms with van der Waals surface area (Å²) in [5, 5.41) is 4.08. The van der Waals surface area contributed by atoms with Gasteiger partial charge in [-0.2, -0.15) is 0 Å². The molecule has 2 rings (SSSR count). The van der Waals surface area contributed by atoms with E-state index >= 15 is 0 Å². The number of benzene rings is 1. The highest BCUT2D eigenvalue weighted by atomic mass is 15.0. The summed E-state index contributed by atoms with van der Waals surface area (Å²) in [6.45, 7) is 18.4. The van der Waals surface area contributed by atoms with Gasteiger partial charge < -0.3 is 0 Å². The van der Waals surface area contributed by atoms with Gasteiger partial charge in [0.15, 0.2) is 11.7 Å². The summed E-state index contributed by atoms with van der Waals surface area (Å²) < 4.78 is 0. The third-order valence-corrected chi connectivity index (χ3v) is 5.77. The van der Waals surface area contributed by atoms with Crippen molar-refractivity contribution >= 4 is 30.5 Å². The monoisotopic (exact) mass is 528 g/mol. The molecule has 0 saturated heterocycles. The first-order valence-corrected chi connectivity index (χ1v) is 13.4. The smallest absolute Gasteiger partial charge is 0.161 e. The van der Waals surface area contributed by atoms with Crippen molar-refractivity contribution in [3.8, 4) is 0 Å². The van der Waals surface area contributed by atoms with Crippen LogP contribution in [0.4, 0.5) is 0 Å². The summed E-state index contributed by atoms with van der Waals surface area (Å²) in [4.78, 5) is 18.4. The number of nitrogens with zero attached hydrogens (tertiary/aromatic N) is 4. The van der Waals surface area contributed by atoms with E-state index in [9.17, 15) is 0 Å². The standard InChI is InChI=1S/C36H40N4/c1-8-12-14-20-28(5)35(37-7)40-36(39-26-13-9-2)32(19-11-4)23-17-22-30-25-27-38-34(29(30)6)33-24-16-15-21-31(33)18-10-3/h8-9,11-21,23-27H,4-6,10,22H2,1-3,7H3/b12-8-,13-9+,20-14-,23-17-,31-18-,32-19+,34-33+,37-35?,39-26?,40-36?. The Hall–Kier alpha value is -4.70. The minimum atomic E-state index is 0.498. The summed E-state index contributed by atoms with van der Waals surface area (Å²) in [5.41, 5.74) is 2.58. The van der Waals surface area contributed by atoms with E-state index in [2.05, 4.69) is 65.9 Å². The molecule has 0 bridgehead atoms. The summed E-state index contributed by atoms with van der Waals surface area (Å²) in [6.07, 6.45) is 26.5. The first kappa shape index (κ1) is 31.5. The molecule has 1 heterocycles. The molecule has 0 aliphatic heterocycles. The number of aliphatic imine (C=N–C) groups is 3. The molecule has 4 nitrogen and oxygen atoms in total. The molecule has 0 spiro atoms. The maximum Gasteiger partial charge on any atom is 0.161 e. The molecule has 0 atom stereocenters. The third kappa shape index (κ3) is 9.55. The second-order valence-electron chi connectivity index (χ2n) is 8.66. The Morgan fingerprint density at radius 2 is 1.77 bits per heavy atom. The van der Waals surface area contributed by atoms with Gasteiger partial charge in [-0.15, -0.1) is 0 Å². The number of aromatic nitrogens is 1. The largest absolute Gasteiger partial charge is 0.270 e. The number of rotatable bonds is 10. The molecule has 0 unspecified atom stereocenters. The molecule has 40 heavy (non-hydrogen) atoms. The average molecular weight is 529 g/mol. The third-order valence-electron chi connectivity index (χ3n) is 5.77. The summed E-state index contributed by atoms with van der Waals surface area (Å²) in [7, 11) is 1.70. The minimum Gasteiger partial charge on any atom is -0.270 e. The van der Waals surface area contributed by atoms with E-state index in [1.165, 1.54) is 5.22 Å². The molecule has 0 aliphatic rings. The molecule has 2 aromatic rings. The van der Waals surface area contributed by atoms with Crippen LogP contribution in [0.5, 0.6) is 0 Å². The van der Waals surface area contributed by atoms with Crippen molar-refractivity contribution in [3.05, 3.63) is 148 Å². The molecule has 4 heteroatoms. The Bertz CT molecular complexity index is 1620. The van der Waals surface area contributed by atoms with Crippen molar-refractivity contribution in [1.82, 2.24) is 4.98 Å². The van der Waals surface area contributed by atoms with Crippen LogP contribution in [0.2, 0.25) is 0 Å². The van der Waals surface area contributed by atoms with E-state index in [0.29, 0.717) is 23.7 Å². The van der Waals surface area contributed by atoms with Crippen molar-refractivity contribution in [2.24, 2.45) is 15.0 Å². The molecule has 1 aromatic heterocycles. The van der Waals surface area contributed by atoms with Crippen LogP contribution in [-0.4, -0.2) is 29.9 Å². The molecule has 0 N–H and O–H groups in total. The van der Waals surface area contributed by atoms with Gasteiger partial charge in [0.05, 0.1) is 5.35 Å². The number of amidine groups is 2. The van der Waals surface area contributed by atoms with Crippen LogP contribution in [0.25, 0.3) is 12.7 Å². The lowest BCUT2D eigenvalue weighted by Crippen LogP contribution is -2.14. The highest BCUT2D eigenvalue weighted by molar-refractivity contribution is 6.15. The lowest BCUT2D eigenvalue weighted by Gasteiger charge is -2.05. The lowest BCUT2D eigenvalue weighted by atomic mass is 10.1. The van der Waals surface area contributed by atoms with Crippen LogP contribution in [-0.2, 0) is 6.42 Å². The van der Waals surface area contributed by atoms with Gasteiger partial charge in [-0.25, -0.2) is 9.98 Å². The normalized spacial score (nSPS) is 15.0. The van der Waals surface area contributed by atoms with Gasteiger partial charge in [-0.05, 0) is 54.8 Å². The van der Waals surface area contributed by atoms with Gasteiger partial charge in [-0.1, -0.05) is 112 Å². The first-order valence-electron chi connectivity index (χ1n) is 13.4. The lowest BCUT2D eigenvalue weighted by molar-refractivity contribution is 1.12. The van der Waals surface area contributed by atoms with E-state index in [0.717, 1.165) is 33.3 Å². The minimum absolute atomic E-state index is 0.498. The molecule has 1 aromatic carbocycles. The van der Waals surface area contributed by atoms with Crippen LogP contribution in [0.3, 0.4) is 0 Å². The van der Waals surface area contributed by atoms with Crippen molar-refractivity contribution in [2.75, 3.05) is 7.05 Å². The first-order chi connectivity index (χ1) is 19.5. The summed E-state index contributed by atoms with van der Waals surface area (Å²) in [5.74, 6) is 1.00. The van der Waals surface area contributed by atoms with Crippen molar-refractivity contribution in [2.45, 2.75) is 33.6 Å². The maximum atomic E-state index is 4.75. The maximum absolute atomic E-state index is 4.75. The van der Waals surface area contributed by atoms with E-state index < -0.39 is 0 Å². The Labute approximate surface area is 239 Å². The Balaban J connectivity index is 2.54. The molecule has 0 fully saturated rings.